The van der Waals surface area contributed by atoms with Gasteiger partial charge >= 0.3 is 0 Å². The summed E-state index contributed by atoms with van der Waals surface area (Å²) in [6.45, 7) is 3.11. The number of rotatable bonds is 7. The number of nitrogens with zero attached hydrogens (tertiary/aromatic N) is 3. The van der Waals surface area contributed by atoms with Crippen LogP contribution in [0.5, 0.6) is 11.5 Å². The topological polar surface area (TPSA) is 78.3 Å². The summed E-state index contributed by atoms with van der Waals surface area (Å²) in [6.07, 6.45) is 4.81. The molecule has 1 aromatic carbocycles. The zero-order chi connectivity index (χ0) is 19.1. The van der Waals surface area contributed by atoms with Crippen molar-refractivity contribution in [2.75, 3.05) is 19.0 Å². The molecule has 0 saturated heterocycles. The molecule has 0 radical (unpaired) electrons. The van der Waals surface area contributed by atoms with Crippen LogP contribution >= 0.6 is 11.8 Å². The SMILES string of the molecule is CC(NC(=O)CSc1nnc(C2CC2)n1C1CC1)c1ccc2c(c1)OCCO2. The summed E-state index contributed by atoms with van der Waals surface area (Å²) in [5.74, 6) is 3.52. The first-order valence-corrected chi connectivity index (χ1v) is 10.9. The van der Waals surface area contributed by atoms with E-state index in [1.54, 1.807) is 0 Å². The number of hydrogen-bond acceptors (Lipinski definition) is 6. The summed E-state index contributed by atoms with van der Waals surface area (Å²) >= 11 is 1.48. The van der Waals surface area contributed by atoms with E-state index < -0.39 is 0 Å². The van der Waals surface area contributed by atoms with Gasteiger partial charge in [0.1, 0.15) is 19.0 Å². The lowest BCUT2D eigenvalue weighted by molar-refractivity contribution is -0.119. The quantitative estimate of drug-likeness (QED) is 0.719. The summed E-state index contributed by atoms with van der Waals surface area (Å²) in [7, 11) is 0. The molecule has 1 atom stereocenters. The number of hydrogen-bond donors (Lipinski definition) is 1. The Balaban J connectivity index is 1.20. The Hall–Kier alpha value is -2.22. The molecule has 1 N–H and O–H groups in total. The zero-order valence-electron chi connectivity index (χ0n) is 15.9. The van der Waals surface area contributed by atoms with Crippen molar-refractivity contribution in [3.05, 3.63) is 29.6 Å². The van der Waals surface area contributed by atoms with Crippen molar-refractivity contribution in [1.29, 1.82) is 0 Å². The monoisotopic (exact) mass is 400 g/mol. The number of aromatic nitrogens is 3. The van der Waals surface area contributed by atoms with E-state index in [9.17, 15) is 4.79 Å². The van der Waals surface area contributed by atoms with Crippen LogP contribution < -0.4 is 14.8 Å². The maximum absolute atomic E-state index is 12.5. The zero-order valence-corrected chi connectivity index (χ0v) is 16.7. The first-order valence-electron chi connectivity index (χ1n) is 9.95. The van der Waals surface area contributed by atoms with Crippen molar-refractivity contribution in [2.24, 2.45) is 0 Å². The van der Waals surface area contributed by atoms with E-state index in [4.69, 9.17) is 9.47 Å². The van der Waals surface area contributed by atoms with Gasteiger partial charge in [-0.3, -0.25) is 4.79 Å². The molecule has 2 saturated carbocycles. The smallest absolute Gasteiger partial charge is 0.230 e. The fourth-order valence-corrected chi connectivity index (χ4v) is 4.33. The maximum Gasteiger partial charge on any atom is 0.230 e. The minimum Gasteiger partial charge on any atom is -0.486 e. The van der Waals surface area contributed by atoms with Gasteiger partial charge in [0.05, 0.1) is 11.8 Å². The van der Waals surface area contributed by atoms with Gasteiger partial charge in [0.2, 0.25) is 5.91 Å². The predicted molar refractivity (Wildman–Crippen MR) is 105 cm³/mol. The summed E-state index contributed by atoms with van der Waals surface area (Å²) in [4.78, 5) is 12.5. The van der Waals surface area contributed by atoms with Crippen LogP contribution in [-0.2, 0) is 4.79 Å². The highest BCUT2D eigenvalue weighted by Gasteiger charge is 2.36. The molecule has 8 heteroatoms. The molecule has 7 nitrogen and oxygen atoms in total. The van der Waals surface area contributed by atoms with Gasteiger partial charge in [-0.2, -0.15) is 0 Å². The Labute approximate surface area is 168 Å². The van der Waals surface area contributed by atoms with E-state index in [1.807, 2.05) is 25.1 Å². The van der Waals surface area contributed by atoms with Gasteiger partial charge in [-0.05, 0) is 50.3 Å². The van der Waals surface area contributed by atoms with Gasteiger partial charge in [0.25, 0.3) is 0 Å². The second-order valence-corrected chi connectivity index (χ2v) is 8.64. The van der Waals surface area contributed by atoms with E-state index >= 15 is 0 Å². The molecule has 5 rings (SSSR count). The minimum atomic E-state index is -0.104. The molecule has 28 heavy (non-hydrogen) atoms. The average Bonchev–Trinajstić information content (AvgIpc) is 3.64. The number of ether oxygens (including phenoxy) is 2. The molecule has 3 aliphatic rings. The summed E-state index contributed by atoms with van der Waals surface area (Å²) < 4.78 is 13.5. The summed E-state index contributed by atoms with van der Waals surface area (Å²) in [5, 5.41) is 12.7. The number of carbonyl (C=O) groups excluding carboxylic acids is 1. The molecule has 2 fully saturated rings. The molecule has 1 aliphatic heterocycles. The molecule has 148 valence electrons. The number of thioether (sulfide) groups is 1. The molecule has 1 unspecified atom stereocenters. The Morgan fingerprint density at radius 1 is 1.21 bits per heavy atom. The fraction of sp³-hybridized carbons (Fsp3) is 0.550. The first kappa shape index (κ1) is 17.8. The lowest BCUT2D eigenvalue weighted by Crippen LogP contribution is -2.28. The number of fused-ring (bicyclic) bond motifs is 1. The lowest BCUT2D eigenvalue weighted by Gasteiger charge is -2.21. The van der Waals surface area contributed by atoms with Crippen LogP contribution in [0.3, 0.4) is 0 Å². The normalized spacial score (nSPS) is 19.3. The van der Waals surface area contributed by atoms with Crippen molar-refractivity contribution in [2.45, 2.75) is 55.8 Å². The van der Waals surface area contributed by atoms with Crippen LogP contribution in [0.4, 0.5) is 0 Å². The Morgan fingerprint density at radius 2 is 2.00 bits per heavy atom. The largest absolute Gasteiger partial charge is 0.486 e. The molecular formula is C20H24N4O3S. The van der Waals surface area contributed by atoms with Gasteiger partial charge in [-0.1, -0.05) is 17.8 Å². The first-order chi connectivity index (χ1) is 13.7. The number of amides is 1. The number of nitrogens with one attached hydrogen (secondary N) is 1. The molecular weight excluding hydrogens is 376 g/mol. The molecule has 2 aromatic rings. The van der Waals surface area contributed by atoms with Gasteiger partial charge in [-0.25, -0.2) is 0 Å². The van der Waals surface area contributed by atoms with Crippen LogP contribution in [0, 0.1) is 0 Å². The highest BCUT2D eigenvalue weighted by Crippen LogP contribution is 2.46. The number of carbonyl (C=O) groups is 1. The Kier molecular flexibility index (Phi) is 4.66. The van der Waals surface area contributed by atoms with Crippen LogP contribution in [-0.4, -0.2) is 39.6 Å². The maximum atomic E-state index is 12.5. The van der Waals surface area contributed by atoms with Gasteiger partial charge in [0.15, 0.2) is 16.7 Å². The van der Waals surface area contributed by atoms with Gasteiger partial charge in [0, 0.05) is 12.0 Å². The highest BCUT2D eigenvalue weighted by atomic mass is 32.2. The molecule has 1 aromatic heterocycles. The highest BCUT2D eigenvalue weighted by molar-refractivity contribution is 7.99. The Morgan fingerprint density at radius 3 is 2.75 bits per heavy atom. The van der Waals surface area contributed by atoms with Crippen LogP contribution in [0.1, 0.15) is 62.0 Å². The van der Waals surface area contributed by atoms with Crippen LogP contribution in [0.2, 0.25) is 0 Å². The molecule has 2 aliphatic carbocycles. The fourth-order valence-electron chi connectivity index (χ4n) is 3.51. The molecule has 0 bridgehead atoms. The summed E-state index contributed by atoms with van der Waals surface area (Å²) in [5.41, 5.74) is 1.000. The predicted octanol–water partition coefficient (Wildman–Crippen LogP) is 3.23. The third kappa shape index (κ3) is 3.70. The third-order valence-electron chi connectivity index (χ3n) is 5.32. The summed E-state index contributed by atoms with van der Waals surface area (Å²) in [6, 6.07) is 6.24. The van der Waals surface area contributed by atoms with Gasteiger partial charge < -0.3 is 19.4 Å². The standard InChI is InChI=1S/C20H24N4O3S/c1-12(14-4-7-16-17(10-14)27-9-8-26-16)21-18(25)11-28-20-23-22-19(13-2-3-13)24(20)15-5-6-15/h4,7,10,12-13,15H,2-3,5-6,8-9,11H2,1H3,(H,21,25). The number of benzene rings is 1. The average molecular weight is 401 g/mol. The van der Waals surface area contributed by atoms with Crippen molar-refractivity contribution < 1.29 is 14.3 Å². The minimum absolute atomic E-state index is 0.00860. The van der Waals surface area contributed by atoms with E-state index in [1.165, 1.54) is 37.4 Å². The third-order valence-corrected chi connectivity index (χ3v) is 6.26. The van der Waals surface area contributed by atoms with Crippen molar-refractivity contribution in [3.8, 4) is 11.5 Å². The van der Waals surface area contributed by atoms with Crippen LogP contribution in [0.15, 0.2) is 23.4 Å². The van der Waals surface area contributed by atoms with Crippen LogP contribution in [0.25, 0.3) is 0 Å². The molecule has 0 spiro atoms. The lowest BCUT2D eigenvalue weighted by atomic mass is 10.1. The van der Waals surface area contributed by atoms with Gasteiger partial charge in [-0.15, -0.1) is 10.2 Å². The second kappa shape index (κ2) is 7.31. The Bertz CT molecular complexity index is 892. The molecule has 1 amide bonds. The molecule has 2 heterocycles. The van der Waals surface area contributed by atoms with Crippen molar-refractivity contribution >= 4 is 17.7 Å². The van der Waals surface area contributed by atoms with E-state index in [0.717, 1.165) is 28.0 Å². The van der Waals surface area contributed by atoms with Crippen molar-refractivity contribution in [1.82, 2.24) is 20.1 Å². The second-order valence-electron chi connectivity index (χ2n) is 7.70. The van der Waals surface area contributed by atoms with E-state index in [-0.39, 0.29) is 11.9 Å². The van der Waals surface area contributed by atoms with E-state index in [0.29, 0.717) is 30.9 Å². The van der Waals surface area contributed by atoms with E-state index in [2.05, 4.69) is 20.1 Å². The van der Waals surface area contributed by atoms with Crippen molar-refractivity contribution in [3.63, 3.8) is 0 Å².